The SMILES string of the molecule is CCCC(=O)c1ccc(-c2cc(C(F)(F)F)ccc2C)s1. The van der Waals surface area contributed by atoms with E-state index in [1.165, 1.54) is 17.4 Å². The van der Waals surface area contributed by atoms with Gasteiger partial charge in [0.05, 0.1) is 10.4 Å². The van der Waals surface area contributed by atoms with Crippen LogP contribution in [0.5, 0.6) is 0 Å². The number of alkyl halides is 3. The van der Waals surface area contributed by atoms with Crippen LogP contribution in [0.15, 0.2) is 30.3 Å². The van der Waals surface area contributed by atoms with E-state index in [1.807, 2.05) is 6.92 Å². The number of hydrogen-bond donors (Lipinski definition) is 0. The Balaban J connectivity index is 2.40. The second-order valence-corrected chi connectivity index (χ2v) is 5.95. The van der Waals surface area contributed by atoms with E-state index in [4.69, 9.17) is 0 Å². The van der Waals surface area contributed by atoms with Crippen molar-refractivity contribution in [2.45, 2.75) is 32.9 Å². The molecule has 21 heavy (non-hydrogen) atoms. The Labute approximate surface area is 125 Å². The first-order chi connectivity index (χ1) is 9.82. The predicted octanol–water partition coefficient (Wildman–Crippen LogP) is 5.73. The molecule has 0 aliphatic heterocycles. The van der Waals surface area contributed by atoms with Crippen molar-refractivity contribution < 1.29 is 18.0 Å². The molecule has 0 radical (unpaired) electrons. The molecule has 0 unspecified atom stereocenters. The molecule has 0 saturated carbocycles. The van der Waals surface area contributed by atoms with Crippen molar-refractivity contribution in [3.63, 3.8) is 0 Å². The average Bonchev–Trinajstić information content (AvgIpc) is 2.87. The van der Waals surface area contributed by atoms with E-state index < -0.39 is 11.7 Å². The van der Waals surface area contributed by atoms with Crippen molar-refractivity contribution in [3.05, 3.63) is 46.3 Å². The van der Waals surface area contributed by atoms with Gasteiger partial charge in [0.2, 0.25) is 0 Å². The highest BCUT2D eigenvalue weighted by Gasteiger charge is 2.31. The molecule has 1 heterocycles. The third kappa shape index (κ3) is 3.53. The van der Waals surface area contributed by atoms with Gasteiger partial charge in [0.25, 0.3) is 0 Å². The summed E-state index contributed by atoms with van der Waals surface area (Å²) in [5.41, 5.74) is 0.627. The van der Waals surface area contributed by atoms with Crippen molar-refractivity contribution in [1.82, 2.24) is 0 Å². The highest BCUT2D eigenvalue weighted by atomic mass is 32.1. The van der Waals surface area contributed by atoms with Crippen LogP contribution >= 0.6 is 11.3 Å². The molecule has 5 heteroatoms. The molecule has 0 N–H and O–H groups in total. The maximum atomic E-state index is 12.8. The van der Waals surface area contributed by atoms with E-state index >= 15 is 0 Å². The molecule has 0 amide bonds. The van der Waals surface area contributed by atoms with Gasteiger partial charge in [-0.1, -0.05) is 13.0 Å². The Morgan fingerprint density at radius 1 is 1.19 bits per heavy atom. The van der Waals surface area contributed by atoms with Crippen LogP contribution in [0.1, 0.15) is 40.6 Å². The molecule has 2 rings (SSSR count). The highest BCUT2D eigenvalue weighted by Crippen LogP contribution is 2.36. The molecule has 0 aliphatic rings. The maximum Gasteiger partial charge on any atom is 0.416 e. The molecular formula is C16H15F3OS. The largest absolute Gasteiger partial charge is 0.416 e. The van der Waals surface area contributed by atoms with E-state index in [-0.39, 0.29) is 5.78 Å². The monoisotopic (exact) mass is 312 g/mol. The van der Waals surface area contributed by atoms with Gasteiger partial charge in [0.1, 0.15) is 0 Å². The zero-order valence-corrected chi connectivity index (χ0v) is 12.6. The number of carbonyl (C=O) groups excluding carboxylic acids is 1. The van der Waals surface area contributed by atoms with Gasteiger partial charge in [-0.25, -0.2) is 0 Å². The van der Waals surface area contributed by atoms with E-state index in [1.54, 1.807) is 19.1 Å². The minimum Gasteiger partial charge on any atom is -0.293 e. The predicted molar refractivity (Wildman–Crippen MR) is 78.7 cm³/mol. The molecule has 0 fully saturated rings. The van der Waals surface area contributed by atoms with Crippen molar-refractivity contribution in [3.8, 4) is 10.4 Å². The van der Waals surface area contributed by atoms with Crippen LogP contribution < -0.4 is 0 Å². The molecule has 0 aliphatic carbocycles. The number of ketones is 1. The fraction of sp³-hybridized carbons (Fsp3) is 0.312. The Bertz CT molecular complexity index is 656. The summed E-state index contributed by atoms with van der Waals surface area (Å²) in [7, 11) is 0. The second kappa shape index (κ2) is 6.02. The van der Waals surface area contributed by atoms with Crippen LogP contribution in [0, 0.1) is 6.92 Å². The number of Topliss-reactive ketones (excluding diaryl/α,β-unsaturated/α-hetero) is 1. The second-order valence-electron chi connectivity index (χ2n) is 4.86. The third-order valence-corrected chi connectivity index (χ3v) is 4.35. The Kier molecular flexibility index (Phi) is 4.52. The molecule has 1 nitrogen and oxygen atoms in total. The molecule has 1 aromatic carbocycles. The van der Waals surface area contributed by atoms with Crippen LogP contribution in [0.2, 0.25) is 0 Å². The summed E-state index contributed by atoms with van der Waals surface area (Å²) in [4.78, 5) is 13.1. The molecule has 2 aromatic rings. The van der Waals surface area contributed by atoms with Crippen LogP contribution in [0.4, 0.5) is 13.2 Å². The van der Waals surface area contributed by atoms with E-state index in [0.717, 1.165) is 24.1 Å². The summed E-state index contributed by atoms with van der Waals surface area (Å²) in [6.07, 6.45) is -3.14. The summed E-state index contributed by atoms with van der Waals surface area (Å²) < 4.78 is 38.4. The summed E-state index contributed by atoms with van der Waals surface area (Å²) in [6.45, 7) is 3.69. The van der Waals surface area contributed by atoms with Gasteiger partial charge in [-0.2, -0.15) is 13.2 Å². The van der Waals surface area contributed by atoms with Crippen LogP contribution in [-0.4, -0.2) is 5.78 Å². The van der Waals surface area contributed by atoms with Crippen molar-refractivity contribution in [1.29, 1.82) is 0 Å². The number of aryl methyl sites for hydroxylation is 1. The lowest BCUT2D eigenvalue weighted by Crippen LogP contribution is -2.05. The van der Waals surface area contributed by atoms with E-state index in [0.29, 0.717) is 21.7 Å². The van der Waals surface area contributed by atoms with Gasteiger partial charge < -0.3 is 0 Å². The smallest absolute Gasteiger partial charge is 0.293 e. The minimum absolute atomic E-state index is 0.0402. The van der Waals surface area contributed by atoms with Gasteiger partial charge in [-0.3, -0.25) is 4.79 Å². The number of benzene rings is 1. The first kappa shape index (κ1) is 15.8. The summed E-state index contributed by atoms with van der Waals surface area (Å²) in [6, 6.07) is 7.10. The normalized spacial score (nSPS) is 11.7. The van der Waals surface area contributed by atoms with E-state index in [2.05, 4.69) is 0 Å². The zero-order chi connectivity index (χ0) is 15.6. The third-order valence-electron chi connectivity index (χ3n) is 3.19. The first-order valence-corrected chi connectivity index (χ1v) is 7.46. The van der Waals surface area contributed by atoms with Crippen molar-refractivity contribution in [2.24, 2.45) is 0 Å². The molecule has 0 saturated heterocycles. The standard InChI is InChI=1S/C16H15F3OS/c1-3-4-13(20)15-8-7-14(21-15)12-9-11(16(17,18)19)6-5-10(12)2/h5-9H,3-4H2,1-2H3. The van der Waals surface area contributed by atoms with Gasteiger partial charge >= 0.3 is 6.18 Å². The number of thiophene rings is 1. The Hall–Kier alpha value is -1.62. The van der Waals surface area contributed by atoms with Crippen molar-refractivity contribution >= 4 is 17.1 Å². The quantitative estimate of drug-likeness (QED) is 0.659. The lowest BCUT2D eigenvalue weighted by Gasteiger charge is -2.10. The minimum atomic E-state index is -4.36. The number of hydrogen-bond acceptors (Lipinski definition) is 2. The molecule has 0 bridgehead atoms. The topological polar surface area (TPSA) is 17.1 Å². The van der Waals surface area contributed by atoms with Crippen LogP contribution in [-0.2, 0) is 6.18 Å². The van der Waals surface area contributed by atoms with Gasteiger partial charge in [-0.05, 0) is 48.7 Å². The molecule has 0 spiro atoms. The number of carbonyl (C=O) groups is 1. The number of halogens is 3. The van der Waals surface area contributed by atoms with Gasteiger partial charge in [0.15, 0.2) is 5.78 Å². The Morgan fingerprint density at radius 2 is 1.90 bits per heavy atom. The number of rotatable bonds is 4. The molecule has 0 atom stereocenters. The van der Waals surface area contributed by atoms with Gasteiger partial charge in [0, 0.05) is 11.3 Å². The molecular weight excluding hydrogens is 297 g/mol. The summed E-state index contributed by atoms with van der Waals surface area (Å²) in [5, 5.41) is 0. The first-order valence-electron chi connectivity index (χ1n) is 6.64. The van der Waals surface area contributed by atoms with Gasteiger partial charge in [-0.15, -0.1) is 11.3 Å². The zero-order valence-electron chi connectivity index (χ0n) is 11.8. The maximum absolute atomic E-state index is 12.8. The highest BCUT2D eigenvalue weighted by molar-refractivity contribution is 7.17. The molecule has 1 aromatic heterocycles. The van der Waals surface area contributed by atoms with E-state index in [9.17, 15) is 18.0 Å². The van der Waals surface area contributed by atoms with Crippen LogP contribution in [0.25, 0.3) is 10.4 Å². The Morgan fingerprint density at radius 3 is 2.52 bits per heavy atom. The lowest BCUT2D eigenvalue weighted by molar-refractivity contribution is -0.137. The molecule has 112 valence electrons. The lowest BCUT2D eigenvalue weighted by atomic mass is 10.0. The van der Waals surface area contributed by atoms with Crippen LogP contribution in [0.3, 0.4) is 0 Å². The fourth-order valence-corrected chi connectivity index (χ4v) is 3.10. The van der Waals surface area contributed by atoms with Crippen molar-refractivity contribution in [2.75, 3.05) is 0 Å². The summed E-state index contributed by atoms with van der Waals surface area (Å²) in [5.74, 6) is 0.0402. The summed E-state index contributed by atoms with van der Waals surface area (Å²) >= 11 is 1.25. The fourth-order valence-electron chi connectivity index (χ4n) is 2.05. The average molecular weight is 312 g/mol.